The van der Waals surface area contributed by atoms with E-state index in [2.05, 4.69) is 27.7 Å². The van der Waals surface area contributed by atoms with Crippen LogP contribution in [-0.4, -0.2) is 26.9 Å². The summed E-state index contributed by atoms with van der Waals surface area (Å²) in [6.45, 7) is 9.23. The zero-order valence-corrected chi connectivity index (χ0v) is 23.4. The first-order chi connectivity index (χ1) is 16.0. The molecular formula is C28H54O4Si. The molecule has 0 spiro atoms. The molecule has 0 radical (unpaired) electrons. The lowest BCUT2D eigenvalue weighted by Crippen LogP contribution is -2.40. The Labute approximate surface area is 206 Å². The summed E-state index contributed by atoms with van der Waals surface area (Å²) in [6.07, 6.45) is 21.7. The van der Waals surface area contributed by atoms with Gasteiger partial charge in [-0.25, -0.2) is 9.59 Å². The maximum absolute atomic E-state index is 12.5. The van der Waals surface area contributed by atoms with Crippen molar-refractivity contribution in [3.05, 3.63) is 12.2 Å². The van der Waals surface area contributed by atoms with Crippen molar-refractivity contribution in [1.82, 2.24) is 0 Å². The van der Waals surface area contributed by atoms with Crippen LogP contribution < -0.4 is 0 Å². The molecular weight excluding hydrogens is 428 g/mol. The zero-order valence-electron chi connectivity index (χ0n) is 22.4. The second-order valence-electron chi connectivity index (χ2n) is 9.60. The van der Waals surface area contributed by atoms with Crippen molar-refractivity contribution in [2.45, 2.75) is 149 Å². The molecule has 0 aliphatic heterocycles. The molecule has 33 heavy (non-hydrogen) atoms. The fraction of sp³-hybridized carbons (Fsp3) is 0.857. The van der Waals surface area contributed by atoms with Crippen LogP contribution in [0, 0.1) is 0 Å². The maximum atomic E-state index is 12.5. The van der Waals surface area contributed by atoms with Gasteiger partial charge in [0.25, 0.3) is 8.32 Å². The van der Waals surface area contributed by atoms with E-state index in [4.69, 9.17) is 9.16 Å². The molecule has 0 aromatic heterocycles. The number of hydrogen-bond donors (Lipinski definition) is 0. The Morgan fingerprint density at radius 3 is 1.39 bits per heavy atom. The van der Waals surface area contributed by atoms with Gasteiger partial charge in [-0.1, -0.05) is 124 Å². The summed E-state index contributed by atoms with van der Waals surface area (Å²) in [7, 11) is -2.10. The van der Waals surface area contributed by atoms with Crippen LogP contribution in [0.2, 0.25) is 18.1 Å². The molecule has 0 aromatic carbocycles. The third-order valence-corrected chi connectivity index (χ3v) is 10.8. The smallest absolute Gasteiger partial charge is 0.331 e. The Morgan fingerprint density at radius 2 is 0.939 bits per heavy atom. The van der Waals surface area contributed by atoms with Crippen LogP contribution in [-0.2, 0) is 18.8 Å². The number of rotatable bonds is 23. The predicted molar refractivity (Wildman–Crippen MR) is 143 cm³/mol. The van der Waals surface area contributed by atoms with Gasteiger partial charge < -0.3 is 9.16 Å². The Hall–Kier alpha value is -1.10. The minimum absolute atomic E-state index is 0.360. The second kappa shape index (κ2) is 22.7. The average Bonchev–Trinajstić information content (AvgIpc) is 2.82. The third kappa shape index (κ3) is 19.0. The lowest BCUT2D eigenvalue weighted by molar-refractivity contribution is -0.138. The second-order valence-corrected chi connectivity index (χ2v) is 13.7. The van der Waals surface area contributed by atoms with Crippen molar-refractivity contribution in [3.63, 3.8) is 0 Å². The fourth-order valence-corrected chi connectivity index (χ4v) is 8.76. The monoisotopic (exact) mass is 482 g/mol. The molecule has 0 atom stereocenters. The molecule has 0 bridgehead atoms. The van der Waals surface area contributed by atoms with Crippen molar-refractivity contribution >= 4 is 20.3 Å². The van der Waals surface area contributed by atoms with Crippen LogP contribution in [0.25, 0.3) is 0 Å². The lowest BCUT2D eigenvalue weighted by Gasteiger charge is -2.31. The number of esters is 1. The molecule has 0 N–H and O–H groups in total. The fourth-order valence-electron chi connectivity index (χ4n) is 4.22. The molecule has 0 unspecified atom stereocenters. The van der Waals surface area contributed by atoms with E-state index in [-0.39, 0.29) is 5.97 Å². The van der Waals surface area contributed by atoms with E-state index >= 15 is 0 Å². The standard InChI is InChI=1S/C28H54O4Si/c1-5-9-13-14-15-16-17-18-19-20-23-31-27(29)21-22-28(30)32-33(24-10-6-2,25-11-7-3)26-12-8-4/h21-22H,5-20,23-26H2,1-4H3/b22-21-. The molecule has 5 heteroatoms. The van der Waals surface area contributed by atoms with Gasteiger partial charge in [0.15, 0.2) is 0 Å². The highest BCUT2D eigenvalue weighted by atomic mass is 28.4. The van der Waals surface area contributed by atoms with E-state index in [1.54, 1.807) is 0 Å². The normalized spacial score (nSPS) is 11.8. The van der Waals surface area contributed by atoms with Crippen molar-refractivity contribution in [2.75, 3.05) is 6.61 Å². The summed E-state index contributed by atoms with van der Waals surface area (Å²) in [6, 6.07) is 3.10. The third-order valence-electron chi connectivity index (χ3n) is 6.37. The van der Waals surface area contributed by atoms with E-state index in [9.17, 15) is 9.59 Å². The van der Waals surface area contributed by atoms with E-state index in [1.165, 1.54) is 63.5 Å². The molecule has 0 aromatic rings. The Bertz CT molecular complexity index is 482. The van der Waals surface area contributed by atoms with Crippen LogP contribution in [0.15, 0.2) is 12.2 Å². The number of carbonyl (C=O) groups is 2. The van der Waals surface area contributed by atoms with E-state index in [0.717, 1.165) is 69.5 Å². The molecule has 0 rings (SSSR count). The van der Waals surface area contributed by atoms with E-state index < -0.39 is 14.3 Å². The first-order valence-electron chi connectivity index (χ1n) is 14.1. The van der Waals surface area contributed by atoms with Gasteiger partial charge in [0.2, 0.25) is 0 Å². The zero-order chi connectivity index (χ0) is 24.6. The summed E-state index contributed by atoms with van der Waals surface area (Å²) in [4.78, 5) is 24.5. The topological polar surface area (TPSA) is 52.6 Å². The maximum Gasteiger partial charge on any atom is 0.331 e. The Balaban J connectivity index is 4.24. The number of carbonyl (C=O) groups excluding carboxylic acids is 2. The highest BCUT2D eigenvalue weighted by Crippen LogP contribution is 2.30. The number of hydrogen-bond acceptors (Lipinski definition) is 4. The van der Waals surface area contributed by atoms with Gasteiger partial charge in [-0.3, -0.25) is 0 Å². The van der Waals surface area contributed by atoms with Crippen LogP contribution in [0.3, 0.4) is 0 Å². The van der Waals surface area contributed by atoms with Gasteiger partial charge in [0.05, 0.1) is 6.61 Å². The van der Waals surface area contributed by atoms with Crippen LogP contribution in [0.4, 0.5) is 0 Å². The molecule has 194 valence electrons. The predicted octanol–water partition coefficient (Wildman–Crippen LogP) is 8.90. The van der Waals surface area contributed by atoms with Gasteiger partial charge in [0.1, 0.15) is 0 Å². The quantitative estimate of drug-likeness (QED) is 0.0631. The van der Waals surface area contributed by atoms with Crippen molar-refractivity contribution in [1.29, 1.82) is 0 Å². The van der Waals surface area contributed by atoms with Crippen LogP contribution >= 0.6 is 0 Å². The summed E-state index contributed by atoms with van der Waals surface area (Å²) in [5.41, 5.74) is 0. The Kier molecular flexibility index (Phi) is 21.9. The molecule has 0 aliphatic rings. The summed E-state index contributed by atoms with van der Waals surface area (Å²) in [5, 5.41) is 0. The van der Waals surface area contributed by atoms with Gasteiger partial charge >= 0.3 is 11.9 Å². The molecule has 0 heterocycles. The first-order valence-corrected chi connectivity index (χ1v) is 16.6. The highest BCUT2D eigenvalue weighted by Gasteiger charge is 2.36. The van der Waals surface area contributed by atoms with Gasteiger partial charge in [-0.15, -0.1) is 0 Å². The first kappa shape index (κ1) is 31.9. The minimum atomic E-state index is -2.10. The molecule has 0 saturated heterocycles. The average molecular weight is 483 g/mol. The van der Waals surface area contributed by atoms with Gasteiger partial charge in [-0.2, -0.15) is 0 Å². The SMILES string of the molecule is CCCCCCCCCCCCOC(=O)/C=C\C(=O)O[Si](CCCC)(CCCC)CCCC. The summed E-state index contributed by atoms with van der Waals surface area (Å²) in [5.74, 6) is -0.799. The summed E-state index contributed by atoms with van der Waals surface area (Å²) < 4.78 is 11.4. The van der Waals surface area contributed by atoms with Crippen molar-refractivity contribution in [3.8, 4) is 0 Å². The minimum Gasteiger partial charge on any atom is -0.516 e. The number of unbranched alkanes of at least 4 members (excludes halogenated alkanes) is 12. The highest BCUT2D eigenvalue weighted by molar-refractivity contribution is 6.75. The van der Waals surface area contributed by atoms with Crippen molar-refractivity contribution in [2.24, 2.45) is 0 Å². The molecule has 0 fully saturated rings. The van der Waals surface area contributed by atoms with Gasteiger partial charge in [-0.05, 0) is 24.6 Å². The van der Waals surface area contributed by atoms with E-state index in [1.807, 2.05) is 0 Å². The van der Waals surface area contributed by atoms with E-state index in [0.29, 0.717) is 6.61 Å². The largest absolute Gasteiger partial charge is 0.516 e. The lowest BCUT2D eigenvalue weighted by atomic mass is 10.1. The molecule has 0 amide bonds. The molecule has 4 nitrogen and oxygen atoms in total. The summed E-state index contributed by atoms with van der Waals surface area (Å²) >= 11 is 0. The number of ether oxygens (including phenoxy) is 1. The van der Waals surface area contributed by atoms with Crippen LogP contribution in [0.5, 0.6) is 0 Å². The van der Waals surface area contributed by atoms with Crippen LogP contribution in [0.1, 0.15) is 130 Å². The van der Waals surface area contributed by atoms with Crippen molar-refractivity contribution < 1.29 is 18.8 Å². The molecule has 0 saturated carbocycles. The Morgan fingerprint density at radius 1 is 0.545 bits per heavy atom. The molecule has 0 aliphatic carbocycles. The van der Waals surface area contributed by atoms with Gasteiger partial charge in [0, 0.05) is 12.2 Å².